The van der Waals surface area contributed by atoms with Gasteiger partial charge in [0.1, 0.15) is 11.6 Å². The first kappa shape index (κ1) is 45.4. The fourth-order valence-electron chi connectivity index (χ4n) is 5.86. The maximum absolute atomic E-state index is 13.9. The summed E-state index contributed by atoms with van der Waals surface area (Å²) in [6, 6.07) is 5.69. The van der Waals surface area contributed by atoms with Gasteiger partial charge >= 0.3 is 6.18 Å². The molecule has 1 aromatic rings. The van der Waals surface area contributed by atoms with Gasteiger partial charge in [0.05, 0.1) is 12.1 Å². The van der Waals surface area contributed by atoms with Crippen molar-refractivity contribution in [3.05, 3.63) is 35.9 Å². The topological polar surface area (TPSA) is 173 Å². The van der Waals surface area contributed by atoms with E-state index in [4.69, 9.17) is 5.73 Å². The molecule has 0 bridgehead atoms. The molecule has 0 spiro atoms. The molecule has 1 aromatic carbocycles. The van der Waals surface area contributed by atoms with Crippen molar-refractivity contribution in [2.24, 2.45) is 23.5 Å². The molecule has 0 aromatic heterocycles. The minimum atomic E-state index is -5.11. The highest BCUT2D eigenvalue weighted by molar-refractivity contribution is 5.94. The Morgan fingerprint density at radius 2 is 1.41 bits per heavy atom. The van der Waals surface area contributed by atoms with Gasteiger partial charge in [-0.25, -0.2) is 0 Å². The largest absolute Gasteiger partial charge is 0.416 e. The third-order valence-electron chi connectivity index (χ3n) is 9.05. The maximum atomic E-state index is 13.9. The molecule has 0 heterocycles. The number of hydrogen-bond acceptors (Lipinski definition) is 7. The van der Waals surface area contributed by atoms with Crippen LogP contribution in [0, 0.1) is 17.8 Å². The van der Waals surface area contributed by atoms with Gasteiger partial charge in [0.15, 0.2) is 11.9 Å². The number of ketones is 3. The molecule has 5 N–H and O–H groups in total. The van der Waals surface area contributed by atoms with Crippen molar-refractivity contribution < 1.29 is 47.0 Å². The number of amides is 3. The van der Waals surface area contributed by atoms with Crippen LogP contribution in [0.15, 0.2) is 30.3 Å². The normalized spacial score (nSPS) is 14.6. The number of aliphatic hydroxyl groups excluding tert-OH is 1. The number of carbonyl (C=O) groups is 6. The van der Waals surface area contributed by atoms with E-state index in [0.29, 0.717) is 12.0 Å². The van der Waals surface area contributed by atoms with E-state index in [1.165, 1.54) is 12.8 Å². The molecule has 0 aliphatic rings. The van der Waals surface area contributed by atoms with Crippen molar-refractivity contribution in [3.63, 3.8) is 0 Å². The van der Waals surface area contributed by atoms with E-state index in [0.717, 1.165) is 39.0 Å². The summed E-state index contributed by atoms with van der Waals surface area (Å²) in [6.45, 7) is 6.92. The van der Waals surface area contributed by atoms with Crippen LogP contribution in [0.1, 0.15) is 123 Å². The van der Waals surface area contributed by atoms with Crippen LogP contribution in [0.4, 0.5) is 13.2 Å². The minimum absolute atomic E-state index is 0.00158. The molecule has 2 unspecified atom stereocenters. The quantitative estimate of drug-likeness (QED) is 0.0842. The molecule has 10 nitrogen and oxygen atoms in total. The zero-order chi connectivity index (χ0) is 38.6. The molecule has 1 rings (SSSR count). The standard InChI is InChI=1S/C38H58F3N3O7/c1-5-6-7-8-9-10-14-17-29(46)24-30(25(2)3)37(51)44-32(22-27-15-12-11-13-16-27)33(47)23-28(19-21-34(42)48)36(50)43-31(20-18-26(4)45)35(49)38(39,40)41/h11-13,15-16,25,28,30-32,35,49H,5-10,14,17-24H2,1-4H3,(H2,42,48)(H,43,50)(H,44,51)/t28-,30+,31?,32+,35?/m1/s1. The first-order chi connectivity index (χ1) is 24.0. The van der Waals surface area contributed by atoms with Crippen molar-refractivity contribution in [1.82, 2.24) is 10.6 Å². The summed E-state index contributed by atoms with van der Waals surface area (Å²) < 4.78 is 40.3. The number of primary amides is 1. The molecular weight excluding hydrogens is 667 g/mol. The van der Waals surface area contributed by atoms with Crippen molar-refractivity contribution in [2.45, 2.75) is 148 Å². The highest BCUT2D eigenvalue weighted by atomic mass is 19.4. The summed E-state index contributed by atoms with van der Waals surface area (Å²) in [4.78, 5) is 76.9. The van der Waals surface area contributed by atoms with Crippen LogP contribution in [0.3, 0.4) is 0 Å². The number of rotatable bonds is 27. The average Bonchev–Trinajstić information content (AvgIpc) is 3.05. The first-order valence-corrected chi connectivity index (χ1v) is 18.2. The van der Waals surface area contributed by atoms with Crippen LogP contribution in [0.2, 0.25) is 0 Å². The second-order valence-electron chi connectivity index (χ2n) is 13.9. The van der Waals surface area contributed by atoms with Crippen molar-refractivity contribution >= 4 is 35.1 Å². The van der Waals surface area contributed by atoms with E-state index in [1.54, 1.807) is 44.2 Å². The highest BCUT2D eigenvalue weighted by Crippen LogP contribution is 2.26. The van der Waals surface area contributed by atoms with E-state index in [-0.39, 0.29) is 43.8 Å². The Morgan fingerprint density at radius 1 is 0.804 bits per heavy atom. The monoisotopic (exact) mass is 725 g/mol. The smallest absolute Gasteiger partial charge is 0.382 e. The molecule has 0 aliphatic heterocycles. The molecular formula is C38H58F3N3O7. The molecule has 13 heteroatoms. The number of benzene rings is 1. The molecule has 288 valence electrons. The van der Waals surface area contributed by atoms with Gasteiger partial charge in [-0.05, 0) is 44.1 Å². The molecule has 0 aliphatic carbocycles. The summed E-state index contributed by atoms with van der Waals surface area (Å²) in [5.41, 5.74) is 5.97. The number of halogens is 3. The second-order valence-corrected chi connectivity index (χ2v) is 13.9. The van der Waals surface area contributed by atoms with Crippen molar-refractivity contribution in [1.29, 1.82) is 0 Å². The first-order valence-electron chi connectivity index (χ1n) is 18.2. The number of alkyl halides is 3. The molecule has 0 radical (unpaired) electrons. The zero-order valence-corrected chi connectivity index (χ0v) is 30.6. The number of nitrogens with one attached hydrogen (secondary N) is 2. The predicted molar refractivity (Wildman–Crippen MR) is 188 cm³/mol. The number of carbonyl (C=O) groups excluding carboxylic acids is 6. The number of Topliss-reactive ketones (excluding diaryl/α,β-unsaturated/α-hetero) is 3. The van der Waals surface area contributed by atoms with Crippen LogP contribution in [0.5, 0.6) is 0 Å². The zero-order valence-electron chi connectivity index (χ0n) is 30.6. The van der Waals surface area contributed by atoms with E-state index >= 15 is 0 Å². The van der Waals surface area contributed by atoms with Gasteiger partial charge in [-0.1, -0.05) is 89.6 Å². The third-order valence-corrected chi connectivity index (χ3v) is 9.05. The summed E-state index contributed by atoms with van der Waals surface area (Å²) in [5.74, 6) is -5.79. The number of unbranched alkanes of at least 4 members (excludes halogenated alkanes) is 6. The SMILES string of the molecule is CCCCCCCCCC(=O)C[C@H](C(=O)N[C@@H](Cc1ccccc1)C(=O)C[C@@H](CCC(N)=O)C(=O)NC(CCC(C)=O)C(O)C(F)(F)F)C(C)C. The molecule has 51 heavy (non-hydrogen) atoms. The van der Waals surface area contributed by atoms with E-state index in [9.17, 15) is 47.0 Å². The predicted octanol–water partition coefficient (Wildman–Crippen LogP) is 5.70. The van der Waals surface area contributed by atoms with Gasteiger partial charge in [0.25, 0.3) is 0 Å². The van der Waals surface area contributed by atoms with Crippen LogP contribution >= 0.6 is 0 Å². The third kappa shape index (κ3) is 19.0. The fraction of sp³-hybridized carbons (Fsp3) is 0.684. The molecule has 5 atom stereocenters. The van der Waals surface area contributed by atoms with Gasteiger partial charge in [0, 0.05) is 43.9 Å². The minimum Gasteiger partial charge on any atom is -0.382 e. The summed E-state index contributed by atoms with van der Waals surface area (Å²) in [6.07, 6.45) is -2.47. The lowest BCUT2D eigenvalue weighted by Crippen LogP contribution is -2.52. The van der Waals surface area contributed by atoms with Crippen LogP contribution < -0.4 is 16.4 Å². The Bertz CT molecular complexity index is 1260. The Balaban J connectivity index is 3.20. The fourth-order valence-corrected chi connectivity index (χ4v) is 5.86. The lowest BCUT2D eigenvalue weighted by atomic mass is 9.87. The Hall–Kier alpha value is -3.61. The molecule has 0 saturated heterocycles. The van der Waals surface area contributed by atoms with Crippen molar-refractivity contribution in [2.75, 3.05) is 0 Å². The van der Waals surface area contributed by atoms with E-state index in [2.05, 4.69) is 17.6 Å². The lowest BCUT2D eigenvalue weighted by molar-refractivity contribution is -0.213. The molecule has 0 fully saturated rings. The summed E-state index contributed by atoms with van der Waals surface area (Å²) >= 11 is 0. The maximum Gasteiger partial charge on any atom is 0.416 e. The van der Waals surface area contributed by atoms with Gasteiger partial charge in [0.2, 0.25) is 17.7 Å². The molecule has 3 amide bonds. The lowest BCUT2D eigenvalue weighted by Gasteiger charge is -2.28. The van der Waals surface area contributed by atoms with Crippen LogP contribution in [0.25, 0.3) is 0 Å². The summed E-state index contributed by atoms with van der Waals surface area (Å²) in [5, 5.41) is 14.8. The summed E-state index contributed by atoms with van der Waals surface area (Å²) in [7, 11) is 0. The number of hydrogen-bond donors (Lipinski definition) is 4. The second kappa shape index (κ2) is 23.8. The number of nitrogens with two attached hydrogens (primary N) is 1. The Kier molecular flexibility index (Phi) is 21.2. The van der Waals surface area contributed by atoms with E-state index in [1.807, 2.05) is 0 Å². The van der Waals surface area contributed by atoms with Gasteiger partial charge in [-0.3, -0.25) is 24.0 Å². The molecule has 0 saturated carbocycles. The average molecular weight is 726 g/mol. The van der Waals surface area contributed by atoms with Gasteiger partial charge in [-0.2, -0.15) is 13.2 Å². The Labute approximate surface area is 300 Å². The van der Waals surface area contributed by atoms with Gasteiger partial charge < -0.3 is 26.3 Å². The Morgan fingerprint density at radius 3 is 1.96 bits per heavy atom. The van der Waals surface area contributed by atoms with E-state index < -0.39 is 78.3 Å². The van der Waals surface area contributed by atoms with Crippen molar-refractivity contribution in [3.8, 4) is 0 Å². The number of aliphatic hydroxyl groups is 1. The van der Waals surface area contributed by atoms with Crippen LogP contribution in [-0.2, 0) is 35.2 Å². The highest BCUT2D eigenvalue weighted by Gasteiger charge is 2.44. The van der Waals surface area contributed by atoms with Gasteiger partial charge in [-0.15, -0.1) is 0 Å². The van der Waals surface area contributed by atoms with Crippen LogP contribution in [-0.4, -0.2) is 64.5 Å².